The van der Waals surface area contributed by atoms with E-state index in [0.717, 1.165) is 18.6 Å². The molecule has 1 unspecified atom stereocenters. The molecule has 0 radical (unpaired) electrons. The van der Waals surface area contributed by atoms with Crippen LogP contribution in [0.3, 0.4) is 0 Å². The first kappa shape index (κ1) is 13.5. The monoisotopic (exact) mass is 237 g/mol. The van der Waals surface area contributed by atoms with Crippen LogP contribution in [0.25, 0.3) is 0 Å². The van der Waals surface area contributed by atoms with Crippen molar-refractivity contribution in [3.05, 3.63) is 29.8 Å². The Balaban J connectivity index is 2.34. The van der Waals surface area contributed by atoms with E-state index in [1.165, 1.54) is 5.56 Å². The maximum atomic E-state index is 10.5. The van der Waals surface area contributed by atoms with Crippen molar-refractivity contribution in [2.75, 3.05) is 6.61 Å². The van der Waals surface area contributed by atoms with Crippen molar-refractivity contribution in [1.29, 1.82) is 0 Å². The molecule has 1 aromatic rings. The van der Waals surface area contributed by atoms with E-state index in [1.54, 1.807) is 0 Å². The number of aryl methyl sites for hydroxylation is 1. The normalized spacial score (nSPS) is 12.1. The molecule has 4 heteroatoms. The molecule has 0 bridgehead atoms. The second-order valence-electron chi connectivity index (χ2n) is 3.98. The first-order valence-electron chi connectivity index (χ1n) is 5.83. The fourth-order valence-corrected chi connectivity index (χ4v) is 1.47. The van der Waals surface area contributed by atoms with E-state index in [-0.39, 0.29) is 0 Å². The molecule has 3 N–H and O–H groups in total. The highest BCUT2D eigenvalue weighted by atomic mass is 16.5. The van der Waals surface area contributed by atoms with Gasteiger partial charge in [0.15, 0.2) is 0 Å². The third-order valence-corrected chi connectivity index (χ3v) is 2.48. The van der Waals surface area contributed by atoms with Crippen LogP contribution in [-0.2, 0) is 11.2 Å². The van der Waals surface area contributed by atoms with Gasteiger partial charge in [-0.3, -0.25) is 4.79 Å². The number of ether oxygens (including phenoxy) is 1. The Hall–Kier alpha value is -1.55. The van der Waals surface area contributed by atoms with E-state index in [0.29, 0.717) is 13.0 Å². The molecule has 0 aliphatic carbocycles. The standard InChI is InChI=1S/C13H19NO3/c1-2-3-10-4-6-11(7-5-10)17-9-8-12(14)13(15)16/h4-7,12H,2-3,8-9,14H2,1H3,(H,15,16). The first-order valence-corrected chi connectivity index (χ1v) is 5.83. The second kappa shape index (κ2) is 6.91. The summed E-state index contributed by atoms with van der Waals surface area (Å²) in [5.41, 5.74) is 6.64. The Morgan fingerprint density at radius 3 is 2.59 bits per heavy atom. The minimum Gasteiger partial charge on any atom is -0.494 e. The maximum absolute atomic E-state index is 10.5. The summed E-state index contributed by atoms with van der Waals surface area (Å²) >= 11 is 0. The van der Waals surface area contributed by atoms with Crippen LogP contribution in [0.1, 0.15) is 25.3 Å². The van der Waals surface area contributed by atoms with Crippen molar-refractivity contribution < 1.29 is 14.6 Å². The molecule has 0 saturated carbocycles. The van der Waals surface area contributed by atoms with Crippen molar-refractivity contribution in [3.63, 3.8) is 0 Å². The van der Waals surface area contributed by atoms with E-state index in [4.69, 9.17) is 15.6 Å². The van der Waals surface area contributed by atoms with Crippen molar-refractivity contribution in [2.45, 2.75) is 32.2 Å². The predicted molar refractivity (Wildman–Crippen MR) is 66.2 cm³/mol. The van der Waals surface area contributed by atoms with Gasteiger partial charge >= 0.3 is 5.97 Å². The van der Waals surface area contributed by atoms with Gasteiger partial charge in [0.1, 0.15) is 11.8 Å². The number of hydrogen-bond donors (Lipinski definition) is 2. The van der Waals surface area contributed by atoms with Gasteiger partial charge < -0.3 is 15.6 Å². The van der Waals surface area contributed by atoms with Crippen molar-refractivity contribution in [2.24, 2.45) is 5.73 Å². The van der Waals surface area contributed by atoms with Gasteiger partial charge in [0.25, 0.3) is 0 Å². The number of benzene rings is 1. The second-order valence-corrected chi connectivity index (χ2v) is 3.98. The van der Waals surface area contributed by atoms with E-state index in [2.05, 4.69) is 6.92 Å². The van der Waals surface area contributed by atoms with Crippen LogP contribution in [-0.4, -0.2) is 23.7 Å². The summed E-state index contributed by atoms with van der Waals surface area (Å²) < 4.78 is 5.42. The topological polar surface area (TPSA) is 72.5 Å². The van der Waals surface area contributed by atoms with E-state index in [1.807, 2.05) is 24.3 Å². The molecule has 0 amide bonds. The zero-order chi connectivity index (χ0) is 12.7. The van der Waals surface area contributed by atoms with Gasteiger partial charge in [-0.25, -0.2) is 0 Å². The molecule has 0 aliphatic rings. The zero-order valence-electron chi connectivity index (χ0n) is 10.1. The van der Waals surface area contributed by atoms with Crippen molar-refractivity contribution >= 4 is 5.97 Å². The maximum Gasteiger partial charge on any atom is 0.320 e. The molecule has 0 saturated heterocycles. The summed E-state index contributed by atoms with van der Waals surface area (Å²) in [7, 11) is 0. The van der Waals surface area contributed by atoms with Crippen LogP contribution >= 0.6 is 0 Å². The number of rotatable bonds is 7. The van der Waals surface area contributed by atoms with Gasteiger partial charge in [-0.15, -0.1) is 0 Å². The molecular formula is C13H19NO3. The van der Waals surface area contributed by atoms with Gasteiger partial charge in [0.05, 0.1) is 6.61 Å². The lowest BCUT2D eigenvalue weighted by molar-refractivity contribution is -0.138. The van der Waals surface area contributed by atoms with E-state index >= 15 is 0 Å². The van der Waals surface area contributed by atoms with Gasteiger partial charge in [-0.1, -0.05) is 25.5 Å². The molecule has 17 heavy (non-hydrogen) atoms. The first-order chi connectivity index (χ1) is 8.13. The number of carbonyl (C=O) groups is 1. The lowest BCUT2D eigenvalue weighted by Gasteiger charge is -2.09. The molecule has 0 aliphatic heterocycles. The Bertz CT molecular complexity index is 348. The number of carboxylic acid groups (broad SMARTS) is 1. The van der Waals surface area contributed by atoms with Gasteiger partial charge in [0, 0.05) is 6.42 Å². The van der Waals surface area contributed by atoms with Gasteiger partial charge in [-0.2, -0.15) is 0 Å². The van der Waals surface area contributed by atoms with Crippen LogP contribution in [0.5, 0.6) is 5.75 Å². The third kappa shape index (κ3) is 4.87. The number of carboxylic acids is 1. The smallest absolute Gasteiger partial charge is 0.320 e. The molecule has 94 valence electrons. The molecule has 1 rings (SSSR count). The Morgan fingerprint density at radius 1 is 1.41 bits per heavy atom. The molecule has 0 aromatic heterocycles. The molecule has 1 atom stereocenters. The summed E-state index contributed by atoms with van der Waals surface area (Å²) in [5, 5.41) is 8.59. The number of hydrogen-bond acceptors (Lipinski definition) is 3. The highest BCUT2D eigenvalue weighted by Crippen LogP contribution is 2.13. The van der Waals surface area contributed by atoms with E-state index in [9.17, 15) is 4.79 Å². The summed E-state index contributed by atoms with van der Waals surface area (Å²) in [6.07, 6.45) is 2.49. The van der Waals surface area contributed by atoms with Crippen LogP contribution in [0.2, 0.25) is 0 Å². The van der Waals surface area contributed by atoms with Crippen LogP contribution in [0, 0.1) is 0 Å². The highest BCUT2D eigenvalue weighted by Gasteiger charge is 2.10. The largest absolute Gasteiger partial charge is 0.494 e. The third-order valence-electron chi connectivity index (χ3n) is 2.48. The fraction of sp³-hybridized carbons (Fsp3) is 0.462. The quantitative estimate of drug-likeness (QED) is 0.758. The van der Waals surface area contributed by atoms with Gasteiger partial charge in [0.2, 0.25) is 0 Å². The summed E-state index contributed by atoms with van der Waals surface area (Å²) in [6, 6.07) is 7.00. The Kier molecular flexibility index (Phi) is 5.49. The molecule has 0 fully saturated rings. The van der Waals surface area contributed by atoms with Crippen molar-refractivity contribution in [3.8, 4) is 5.75 Å². The number of nitrogens with two attached hydrogens (primary N) is 1. The average Bonchev–Trinajstić information content (AvgIpc) is 2.31. The highest BCUT2D eigenvalue weighted by molar-refractivity contribution is 5.72. The fourth-order valence-electron chi connectivity index (χ4n) is 1.47. The minimum absolute atomic E-state index is 0.312. The average molecular weight is 237 g/mol. The lowest BCUT2D eigenvalue weighted by Crippen LogP contribution is -2.31. The predicted octanol–water partition coefficient (Wildman–Crippen LogP) is 1.82. The molecule has 1 aromatic carbocycles. The summed E-state index contributed by atoms with van der Waals surface area (Å²) in [5.74, 6) is -0.241. The molecule has 4 nitrogen and oxygen atoms in total. The Labute approximate surface area is 101 Å². The molecule has 0 heterocycles. The molecular weight excluding hydrogens is 218 g/mol. The number of aliphatic carboxylic acids is 1. The van der Waals surface area contributed by atoms with Crippen LogP contribution in [0.15, 0.2) is 24.3 Å². The molecule has 0 spiro atoms. The minimum atomic E-state index is -0.994. The van der Waals surface area contributed by atoms with Gasteiger partial charge in [-0.05, 0) is 24.1 Å². The lowest BCUT2D eigenvalue weighted by atomic mass is 10.1. The summed E-state index contributed by atoms with van der Waals surface area (Å²) in [6.45, 7) is 2.46. The zero-order valence-corrected chi connectivity index (χ0v) is 10.1. The Morgan fingerprint density at radius 2 is 2.06 bits per heavy atom. The SMILES string of the molecule is CCCc1ccc(OCCC(N)C(=O)O)cc1. The summed E-state index contributed by atoms with van der Waals surface area (Å²) in [4.78, 5) is 10.5. The van der Waals surface area contributed by atoms with Crippen LogP contribution in [0.4, 0.5) is 0 Å². The van der Waals surface area contributed by atoms with Crippen LogP contribution < -0.4 is 10.5 Å². The van der Waals surface area contributed by atoms with E-state index < -0.39 is 12.0 Å². The van der Waals surface area contributed by atoms with Crippen molar-refractivity contribution in [1.82, 2.24) is 0 Å².